The molecule has 1 aliphatic heterocycles. The topological polar surface area (TPSA) is 45.6 Å². The van der Waals surface area contributed by atoms with Gasteiger partial charge in [0.25, 0.3) is 0 Å². The van der Waals surface area contributed by atoms with Crippen molar-refractivity contribution >= 4 is 28.7 Å². The maximum atomic E-state index is 5.88. The maximum absolute atomic E-state index is 5.88. The van der Waals surface area contributed by atoms with E-state index in [1.165, 1.54) is 0 Å². The first-order valence-corrected chi connectivity index (χ1v) is 11.6. The Morgan fingerprint density at radius 3 is 2.41 bits per heavy atom. The fourth-order valence-corrected chi connectivity index (χ4v) is 4.86. The summed E-state index contributed by atoms with van der Waals surface area (Å²) in [6.07, 6.45) is 3.92. The van der Waals surface area contributed by atoms with E-state index >= 15 is 0 Å². The molecule has 3 heterocycles. The molecule has 1 N–H and O–H groups in total. The van der Waals surface area contributed by atoms with Gasteiger partial charge in [0.05, 0.1) is 24.5 Å². The molecule has 0 bridgehead atoms. The van der Waals surface area contributed by atoms with Crippen molar-refractivity contribution in [1.82, 2.24) is 14.9 Å². The summed E-state index contributed by atoms with van der Waals surface area (Å²) in [5, 5.41) is 4.17. The number of pyridine rings is 1. The molecule has 2 atom stereocenters. The van der Waals surface area contributed by atoms with Crippen LogP contribution in [0.3, 0.4) is 0 Å². The Labute approximate surface area is 205 Å². The number of aromatic nitrogens is 2. The van der Waals surface area contributed by atoms with Crippen LogP contribution in [0.1, 0.15) is 23.5 Å². The zero-order chi connectivity index (χ0) is 23.7. The number of para-hydroxylation sites is 2. The lowest BCUT2D eigenvalue weighted by Gasteiger charge is -2.30. The summed E-state index contributed by atoms with van der Waals surface area (Å²) in [6.45, 7) is 0. The van der Waals surface area contributed by atoms with E-state index in [1.807, 2.05) is 62.8 Å². The first-order valence-electron chi connectivity index (χ1n) is 11.2. The highest BCUT2D eigenvalue weighted by Crippen LogP contribution is 2.44. The van der Waals surface area contributed by atoms with E-state index in [0.29, 0.717) is 5.11 Å². The van der Waals surface area contributed by atoms with E-state index in [4.69, 9.17) is 17.0 Å². The van der Waals surface area contributed by atoms with Crippen LogP contribution < -0.4 is 19.9 Å². The van der Waals surface area contributed by atoms with E-state index in [2.05, 4.69) is 67.3 Å². The number of benzene rings is 2. The predicted molar refractivity (Wildman–Crippen MR) is 141 cm³/mol. The number of hydrogen-bond donors (Lipinski definition) is 1. The van der Waals surface area contributed by atoms with Crippen molar-refractivity contribution in [3.63, 3.8) is 0 Å². The smallest absolute Gasteiger partial charge is 0.174 e. The molecule has 5 rings (SSSR count). The van der Waals surface area contributed by atoms with Crippen molar-refractivity contribution in [2.45, 2.75) is 12.1 Å². The third-order valence-electron chi connectivity index (χ3n) is 6.17. The van der Waals surface area contributed by atoms with Gasteiger partial charge in [-0.3, -0.25) is 4.98 Å². The molecule has 2 aromatic carbocycles. The molecule has 0 unspecified atom stereocenters. The summed E-state index contributed by atoms with van der Waals surface area (Å²) in [5.74, 6) is 0.770. The van der Waals surface area contributed by atoms with E-state index in [0.717, 1.165) is 34.2 Å². The lowest BCUT2D eigenvalue weighted by Crippen LogP contribution is -2.30. The molecule has 1 saturated heterocycles. The average molecular weight is 470 g/mol. The quantitative estimate of drug-likeness (QED) is 0.395. The first-order chi connectivity index (χ1) is 16.6. The van der Waals surface area contributed by atoms with Crippen LogP contribution in [0.4, 0.5) is 11.4 Å². The van der Waals surface area contributed by atoms with E-state index in [-0.39, 0.29) is 12.1 Å². The molecule has 7 heteroatoms. The van der Waals surface area contributed by atoms with Gasteiger partial charge in [-0.05, 0) is 72.9 Å². The van der Waals surface area contributed by atoms with Gasteiger partial charge in [0.1, 0.15) is 11.8 Å². The Morgan fingerprint density at radius 2 is 1.71 bits per heavy atom. The average Bonchev–Trinajstić information content (AvgIpc) is 3.48. The molecule has 0 aliphatic carbocycles. The minimum Gasteiger partial charge on any atom is -0.495 e. The van der Waals surface area contributed by atoms with Gasteiger partial charge in [-0.15, -0.1) is 0 Å². The highest BCUT2D eigenvalue weighted by Gasteiger charge is 2.43. The number of ether oxygens (including phenoxy) is 1. The number of anilines is 2. The van der Waals surface area contributed by atoms with Crippen molar-refractivity contribution in [3.8, 4) is 11.4 Å². The molecular weight excluding hydrogens is 442 g/mol. The van der Waals surface area contributed by atoms with Crippen LogP contribution in [0, 0.1) is 0 Å². The monoisotopic (exact) mass is 469 g/mol. The SMILES string of the molecule is COc1ccccc1N1C(=S)N[C@H](c2ccccn2)[C@H]1c1cccn1-c1ccc(N(C)C)cc1. The van der Waals surface area contributed by atoms with Gasteiger partial charge in [0.2, 0.25) is 0 Å². The van der Waals surface area contributed by atoms with Gasteiger partial charge in [0.15, 0.2) is 5.11 Å². The van der Waals surface area contributed by atoms with Crippen LogP contribution in [0.2, 0.25) is 0 Å². The molecule has 0 spiro atoms. The Hall–Kier alpha value is -3.84. The number of nitrogens with one attached hydrogen (secondary N) is 1. The molecular formula is C27H27N5OS. The molecule has 1 aliphatic rings. The van der Waals surface area contributed by atoms with Gasteiger partial charge in [-0.2, -0.15) is 0 Å². The van der Waals surface area contributed by atoms with Crippen LogP contribution in [-0.2, 0) is 0 Å². The fraction of sp³-hybridized carbons (Fsp3) is 0.185. The summed E-state index contributed by atoms with van der Waals surface area (Å²) in [5.41, 5.74) is 5.20. The summed E-state index contributed by atoms with van der Waals surface area (Å²) in [4.78, 5) is 8.91. The zero-order valence-electron chi connectivity index (χ0n) is 19.4. The Kier molecular flexibility index (Phi) is 5.94. The normalized spacial score (nSPS) is 17.5. The van der Waals surface area contributed by atoms with Gasteiger partial charge >= 0.3 is 0 Å². The van der Waals surface area contributed by atoms with Crippen molar-refractivity contribution in [2.75, 3.05) is 31.0 Å². The van der Waals surface area contributed by atoms with Crippen LogP contribution in [0.25, 0.3) is 5.69 Å². The molecule has 0 saturated carbocycles. The molecule has 0 radical (unpaired) electrons. The fourth-order valence-electron chi connectivity index (χ4n) is 4.53. The van der Waals surface area contributed by atoms with Crippen LogP contribution >= 0.6 is 12.2 Å². The molecule has 1 fully saturated rings. The molecule has 172 valence electrons. The lowest BCUT2D eigenvalue weighted by molar-refractivity contribution is 0.414. The number of hydrogen-bond acceptors (Lipinski definition) is 4. The second-order valence-corrected chi connectivity index (χ2v) is 8.77. The Balaban J connectivity index is 1.65. The molecule has 2 aromatic heterocycles. The van der Waals surface area contributed by atoms with E-state index in [1.54, 1.807) is 7.11 Å². The van der Waals surface area contributed by atoms with Crippen LogP contribution in [0.15, 0.2) is 91.3 Å². The van der Waals surface area contributed by atoms with E-state index in [9.17, 15) is 0 Å². The highest BCUT2D eigenvalue weighted by molar-refractivity contribution is 7.80. The summed E-state index contributed by atoms with van der Waals surface area (Å²) < 4.78 is 7.93. The number of thiocarbonyl (C=S) groups is 1. The highest BCUT2D eigenvalue weighted by atomic mass is 32.1. The third kappa shape index (κ3) is 3.88. The van der Waals surface area contributed by atoms with Crippen molar-refractivity contribution in [1.29, 1.82) is 0 Å². The van der Waals surface area contributed by atoms with E-state index < -0.39 is 0 Å². The summed E-state index contributed by atoms with van der Waals surface area (Å²) in [6, 6.07) is 26.5. The van der Waals surface area contributed by atoms with Crippen molar-refractivity contribution in [2.24, 2.45) is 0 Å². The summed E-state index contributed by atoms with van der Waals surface area (Å²) in [7, 11) is 5.78. The van der Waals surface area contributed by atoms with Crippen LogP contribution in [0.5, 0.6) is 5.75 Å². The van der Waals surface area contributed by atoms with Gasteiger partial charge in [0, 0.05) is 43.6 Å². The number of nitrogens with zero attached hydrogens (tertiary/aromatic N) is 4. The number of methoxy groups -OCH3 is 1. The zero-order valence-corrected chi connectivity index (χ0v) is 20.2. The van der Waals surface area contributed by atoms with Gasteiger partial charge in [-0.25, -0.2) is 0 Å². The largest absolute Gasteiger partial charge is 0.495 e. The Bertz CT molecular complexity index is 1290. The van der Waals surface area contributed by atoms with Gasteiger partial charge < -0.3 is 24.4 Å². The first kappa shape index (κ1) is 22.0. The van der Waals surface area contributed by atoms with Crippen molar-refractivity contribution < 1.29 is 4.74 Å². The minimum atomic E-state index is -0.137. The summed E-state index contributed by atoms with van der Waals surface area (Å²) >= 11 is 5.88. The third-order valence-corrected chi connectivity index (χ3v) is 6.48. The molecule has 6 nitrogen and oxygen atoms in total. The molecule has 4 aromatic rings. The maximum Gasteiger partial charge on any atom is 0.174 e. The molecule has 0 amide bonds. The van der Waals surface area contributed by atoms with Gasteiger partial charge in [-0.1, -0.05) is 18.2 Å². The standard InChI is InChI=1S/C27H27N5OS/c1-30(2)19-13-15-20(16-14-19)31-18-8-11-23(31)26-25(21-9-6-7-17-28-21)29-27(34)32(26)22-10-4-5-12-24(22)33-3/h4-18,25-26H,1-3H3,(H,29,34)/t25-,26-/m1/s1. The second-order valence-electron chi connectivity index (χ2n) is 8.38. The van der Waals surface area contributed by atoms with Crippen molar-refractivity contribution in [3.05, 3.63) is 103 Å². The second kappa shape index (κ2) is 9.19. The number of rotatable bonds is 6. The van der Waals surface area contributed by atoms with Crippen LogP contribution in [-0.4, -0.2) is 35.9 Å². The lowest BCUT2D eigenvalue weighted by atomic mass is 10.0. The Morgan fingerprint density at radius 1 is 0.941 bits per heavy atom. The minimum absolute atomic E-state index is 0.131. The predicted octanol–water partition coefficient (Wildman–Crippen LogP) is 5.12. The molecule has 34 heavy (non-hydrogen) atoms.